The number of nitrogens with zero attached hydrogens (tertiary/aromatic N) is 3. The lowest BCUT2D eigenvalue weighted by Gasteiger charge is -2.17. The van der Waals surface area contributed by atoms with Gasteiger partial charge in [0.1, 0.15) is 18.1 Å². The first kappa shape index (κ1) is 25.2. The first-order chi connectivity index (χ1) is 18.2. The summed E-state index contributed by atoms with van der Waals surface area (Å²) in [7, 11) is 0. The van der Waals surface area contributed by atoms with Crippen molar-refractivity contribution >= 4 is 39.4 Å². The average Bonchev–Trinajstić information content (AvgIpc) is 3.29. The number of aryl methyl sites for hydroxylation is 1. The third kappa shape index (κ3) is 5.48. The highest BCUT2D eigenvalue weighted by Crippen LogP contribution is 2.35. The van der Waals surface area contributed by atoms with Crippen LogP contribution in [0.1, 0.15) is 47.8 Å². The molecule has 5 aromatic rings. The van der Waals surface area contributed by atoms with Crippen molar-refractivity contribution in [2.75, 3.05) is 18.2 Å². The van der Waals surface area contributed by atoms with Gasteiger partial charge in [-0.25, -0.2) is 9.97 Å². The molecule has 0 amide bonds. The van der Waals surface area contributed by atoms with Crippen molar-refractivity contribution in [1.29, 1.82) is 0 Å². The summed E-state index contributed by atoms with van der Waals surface area (Å²) in [6.45, 7) is 3.06. The minimum atomic E-state index is 0.426. The van der Waals surface area contributed by atoms with Gasteiger partial charge in [0.15, 0.2) is 5.82 Å². The number of anilines is 1. The van der Waals surface area contributed by atoms with E-state index in [2.05, 4.69) is 77.4 Å². The number of nitrogen functional groups attached to an aromatic ring is 1. The van der Waals surface area contributed by atoms with Crippen molar-refractivity contribution in [2.45, 2.75) is 45.8 Å². The Hall–Kier alpha value is -3.41. The quantitative estimate of drug-likeness (QED) is 0.154. The molecular formula is C31H33ClN4O. The smallest absolute Gasteiger partial charge is 0.152 e. The van der Waals surface area contributed by atoms with E-state index in [1.165, 1.54) is 22.3 Å². The number of hydrogen-bond donors (Lipinski definition) is 1. The standard InChI is InChI=1S/C31H33ClN4O/c1-2-37-21-36-27(15-9-10-18-32)35-29-30(36)28-25(20-23-13-7-4-8-14-23)24(16-17-26(28)34-31(29)33)19-22-11-5-3-6-12-22/h3-8,11-14,16-17H,2,9-10,15,18-21H2,1H3,(H2,33,34). The molecule has 2 N–H and O–H groups in total. The van der Waals surface area contributed by atoms with Crippen LogP contribution in [0.15, 0.2) is 72.8 Å². The highest BCUT2D eigenvalue weighted by molar-refractivity contribution is 6.17. The molecular weight excluding hydrogens is 480 g/mol. The number of aromatic nitrogens is 3. The fourth-order valence-electron chi connectivity index (χ4n) is 5.02. The lowest BCUT2D eigenvalue weighted by molar-refractivity contribution is 0.0886. The summed E-state index contributed by atoms with van der Waals surface area (Å²) in [6.07, 6.45) is 4.34. The summed E-state index contributed by atoms with van der Waals surface area (Å²) in [6, 6.07) is 25.5. The summed E-state index contributed by atoms with van der Waals surface area (Å²) in [5, 5.41) is 1.11. The second-order valence-corrected chi connectivity index (χ2v) is 9.72. The van der Waals surface area contributed by atoms with E-state index in [1.54, 1.807) is 0 Å². The van der Waals surface area contributed by atoms with Crippen molar-refractivity contribution in [3.63, 3.8) is 0 Å². The number of nitrogens with two attached hydrogens (primary N) is 1. The Kier molecular flexibility index (Phi) is 8.02. The molecule has 0 aliphatic rings. The van der Waals surface area contributed by atoms with Gasteiger partial charge in [0, 0.05) is 24.3 Å². The van der Waals surface area contributed by atoms with Crippen molar-refractivity contribution in [3.05, 3.63) is 101 Å². The molecule has 6 heteroatoms. The minimum absolute atomic E-state index is 0.426. The van der Waals surface area contributed by atoms with Crippen molar-refractivity contribution in [3.8, 4) is 0 Å². The highest BCUT2D eigenvalue weighted by Gasteiger charge is 2.21. The number of unbranched alkanes of at least 4 members (excludes halogenated alkanes) is 1. The van der Waals surface area contributed by atoms with Crippen LogP contribution in [0.3, 0.4) is 0 Å². The van der Waals surface area contributed by atoms with Gasteiger partial charge >= 0.3 is 0 Å². The molecule has 0 aliphatic carbocycles. The minimum Gasteiger partial charge on any atom is -0.382 e. The van der Waals surface area contributed by atoms with Gasteiger partial charge in [-0.15, -0.1) is 11.6 Å². The van der Waals surface area contributed by atoms with E-state index in [1.807, 2.05) is 6.92 Å². The van der Waals surface area contributed by atoms with E-state index in [0.29, 0.717) is 25.0 Å². The molecule has 37 heavy (non-hydrogen) atoms. The fraction of sp³-hybridized carbons (Fsp3) is 0.290. The third-order valence-electron chi connectivity index (χ3n) is 6.82. The van der Waals surface area contributed by atoms with E-state index < -0.39 is 0 Å². The maximum atomic E-state index is 6.50. The molecule has 0 radical (unpaired) electrons. The molecule has 3 aromatic carbocycles. The molecule has 0 fully saturated rings. The number of hydrogen-bond acceptors (Lipinski definition) is 4. The molecule has 2 aromatic heterocycles. The van der Waals surface area contributed by atoms with Gasteiger partial charge in [0.2, 0.25) is 0 Å². The summed E-state index contributed by atoms with van der Waals surface area (Å²) < 4.78 is 8.14. The van der Waals surface area contributed by atoms with Gasteiger partial charge in [-0.3, -0.25) is 0 Å². The summed E-state index contributed by atoms with van der Waals surface area (Å²) in [4.78, 5) is 9.83. The molecule has 0 atom stereocenters. The lowest BCUT2D eigenvalue weighted by atomic mass is 9.91. The van der Waals surface area contributed by atoms with Crippen LogP contribution in [-0.2, 0) is 30.7 Å². The number of fused-ring (bicyclic) bond motifs is 3. The summed E-state index contributed by atoms with van der Waals surface area (Å²) >= 11 is 5.97. The maximum absolute atomic E-state index is 6.50. The number of ether oxygens (including phenoxy) is 1. The Labute approximate surface area is 223 Å². The van der Waals surface area contributed by atoms with Gasteiger partial charge in [-0.05, 0) is 60.9 Å². The van der Waals surface area contributed by atoms with Gasteiger partial charge in [-0.2, -0.15) is 0 Å². The zero-order valence-corrected chi connectivity index (χ0v) is 22.0. The van der Waals surface area contributed by atoms with Crippen LogP contribution < -0.4 is 5.73 Å². The Bertz CT molecular complexity index is 1480. The molecule has 0 saturated heterocycles. The average molecular weight is 513 g/mol. The van der Waals surface area contributed by atoms with Gasteiger partial charge < -0.3 is 15.0 Å². The van der Waals surface area contributed by atoms with Crippen LogP contribution in [0.4, 0.5) is 5.82 Å². The molecule has 0 bridgehead atoms. The summed E-state index contributed by atoms with van der Waals surface area (Å²) in [5.74, 6) is 2.06. The molecule has 0 unspecified atom stereocenters. The molecule has 0 spiro atoms. The maximum Gasteiger partial charge on any atom is 0.152 e. The van der Waals surface area contributed by atoms with Crippen molar-refractivity contribution in [2.24, 2.45) is 0 Å². The molecule has 0 saturated carbocycles. The second-order valence-electron chi connectivity index (χ2n) is 9.34. The van der Waals surface area contributed by atoms with Gasteiger partial charge in [0.25, 0.3) is 0 Å². The van der Waals surface area contributed by atoms with Crippen LogP contribution in [0, 0.1) is 0 Å². The first-order valence-corrected chi connectivity index (χ1v) is 13.5. The number of rotatable bonds is 11. The Morgan fingerprint density at radius 2 is 1.57 bits per heavy atom. The van der Waals surface area contributed by atoms with E-state index in [9.17, 15) is 0 Å². The van der Waals surface area contributed by atoms with E-state index in [-0.39, 0.29) is 0 Å². The van der Waals surface area contributed by atoms with Crippen molar-refractivity contribution in [1.82, 2.24) is 14.5 Å². The first-order valence-electron chi connectivity index (χ1n) is 13.0. The second kappa shape index (κ2) is 11.8. The Morgan fingerprint density at radius 3 is 2.24 bits per heavy atom. The lowest BCUT2D eigenvalue weighted by Crippen LogP contribution is -2.09. The number of pyridine rings is 1. The molecule has 2 heterocycles. The van der Waals surface area contributed by atoms with Gasteiger partial charge in [-0.1, -0.05) is 66.7 Å². The van der Waals surface area contributed by atoms with Crippen LogP contribution in [0.2, 0.25) is 0 Å². The predicted octanol–water partition coefficient (Wildman–Crippen LogP) is 6.90. The number of alkyl halides is 1. The zero-order valence-electron chi connectivity index (χ0n) is 21.3. The summed E-state index contributed by atoms with van der Waals surface area (Å²) in [5.41, 5.74) is 14.2. The molecule has 5 rings (SSSR count). The van der Waals surface area contributed by atoms with Gasteiger partial charge in [0.05, 0.1) is 11.0 Å². The van der Waals surface area contributed by atoms with Crippen LogP contribution >= 0.6 is 11.6 Å². The fourth-order valence-corrected chi connectivity index (χ4v) is 5.21. The topological polar surface area (TPSA) is 66.0 Å². The number of halogens is 1. The normalized spacial score (nSPS) is 11.5. The van der Waals surface area contributed by atoms with E-state index in [4.69, 9.17) is 32.0 Å². The zero-order chi connectivity index (χ0) is 25.6. The van der Waals surface area contributed by atoms with Crippen LogP contribution in [0.5, 0.6) is 0 Å². The van der Waals surface area contributed by atoms with E-state index in [0.717, 1.165) is 59.9 Å². The molecule has 5 nitrogen and oxygen atoms in total. The Balaban J connectivity index is 1.77. The monoisotopic (exact) mass is 512 g/mol. The van der Waals surface area contributed by atoms with Crippen LogP contribution in [-0.4, -0.2) is 27.0 Å². The SMILES string of the molecule is CCOCn1c(CCCCCl)nc2c(N)nc3ccc(Cc4ccccc4)c(Cc4ccccc4)c3c21. The van der Waals surface area contributed by atoms with Crippen molar-refractivity contribution < 1.29 is 4.74 Å². The molecule has 190 valence electrons. The number of imidazole rings is 1. The largest absolute Gasteiger partial charge is 0.382 e. The Morgan fingerprint density at radius 1 is 0.865 bits per heavy atom. The number of benzene rings is 3. The highest BCUT2D eigenvalue weighted by atomic mass is 35.5. The van der Waals surface area contributed by atoms with Crippen LogP contribution in [0.25, 0.3) is 21.9 Å². The van der Waals surface area contributed by atoms with E-state index >= 15 is 0 Å². The predicted molar refractivity (Wildman–Crippen MR) is 153 cm³/mol. The molecule has 0 aliphatic heterocycles. The third-order valence-corrected chi connectivity index (χ3v) is 7.09.